The molecule has 0 amide bonds. The second-order valence-electron chi connectivity index (χ2n) is 12.8. The molecule has 0 aliphatic heterocycles. The van der Waals surface area contributed by atoms with Crippen molar-refractivity contribution in [1.82, 2.24) is 9.97 Å². The number of nitrogens with zero attached hydrogens (tertiary/aromatic N) is 2. The quantitative estimate of drug-likeness (QED) is 0.220. The molecule has 8 nitrogen and oxygen atoms in total. The van der Waals surface area contributed by atoms with Crippen LogP contribution in [0.2, 0.25) is 0 Å². The summed E-state index contributed by atoms with van der Waals surface area (Å²) < 4.78 is 52.8. The molecule has 1 saturated carbocycles. The molecule has 0 saturated heterocycles. The van der Waals surface area contributed by atoms with Crippen LogP contribution in [-0.4, -0.2) is 46.1 Å². The highest BCUT2D eigenvalue weighted by molar-refractivity contribution is 5.92. The van der Waals surface area contributed by atoms with Gasteiger partial charge in [-0.15, -0.1) is 0 Å². The lowest BCUT2D eigenvalue weighted by atomic mass is 9.76. The maximum absolute atomic E-state index is 13.9. The molecular weight excluding hydrogens is 587 g/mol. The van der Waals surface area contributed by atoms with E-state index in [4.69, 9.17) is 14.6 Å². The number of rotatable bonds is 10. The van der Waals surface area contributed by atoms with Crippen molar-refractivity contribution < 1.29 is 37.3 Å². The maximum atomic E-state index is 13.9. The number of aromatic nitrogens is 2. The first kappa shape index (κ1) is 34.1. The van der Waals surface area contributed by atoms with Gasteiger partial charge in [0.05, 0.1) is 29.8 Å². The number of benzene rings is 2. The number of halogens is 3. The summed E-state index contributed by atoms with van der Waals surface area (Å²) in [4.78, 5) is 34.5. The molecule has 0 unspecified atom stereocenters. The molecule has 0 radical (unpaired) electrons. The van der Waals surface area contributed by atoms with Crippen LogP contribution in [0.4, 0.5) is 19.0 Å². The van der Waals surface area contributed by atoms with E-state index >= 15 is 0 Å². The van der Waals surface area contributed by atoms with Crippen LogP contribution in [0.5, 0.6) is 5.75 Å². The first-order chi connectivity index (χ1) is 21.1. The van der Waals surface area contributed by atoms with Gasteiger partial charge in [0.15, 0.2) is 0 Å². The monoisotopic (exact) mass is 629 g/mol. The zero-order valence-corrected chi connectivity index (χ0v) is 26.7. The predicted octanol–water partition coefficient (Wildman–Crippen LogP) is 7.71. The van der Waals surface area contributed by atoms with Crippen LogP contribution >= 0.6 is 0 Å². The highest BCUT2D eigenvalue weighted by Crippen LogP contribution is 2.43. The molecule has 244 valence electrons. The molecule has 0 bridgehead atoms. The molecule has 11 heteroatoms. The van der Waals surface area contributed by atoms with E-state index in [-0.39, 0.29) is 35.4 Å². The number of aryl methyl sites for hydroxylation is 1. The van der Waals surface area contributed by atoms with E-state index < -0.39 is 29.4 Å². The van der Waals surface area contributed by atoms with Crippen LogP contribution in [0, 0.1) is 12.8 Å². The van der Waals surface area contributed by atoms with E-state index in [1.807, 2.05) is 12.1 Å². The Hall–Kier alpha value is -3.73. The number of methoxy groups -OCH3 is 1. The summed E-state index contributed by atoms with van der Waals surface area (Å²) in [6.07, 6.45) is -0.718. The molecule has 1 aromatic heterocycles. The fourth-order valence-corrected chi connectivity index (χ4v) is 5.89. The number of carbonyl (C=O) groups is 2. The minimum absolute atomic E-state index is 0.00454. The van der Waals surface area contributed by atoms with Crippen molar-refractivity contribution in [2.24, 2.45) is 5.92 Å². The van der Waals surface area contributed by atoms with Crippen LogP contribution < -0.4 is 10.1 Å². The standard InChI is InChI=1S/C34H42F3N3O5/c1-19(23-14-24(32(43)45-33(3,4)5)16-25(15-23)34(35,36)37)38-31-27-17-26(30(44-6)18-28(27)39-20(2)40-31)21-9-11-22(12-10-21)29(42)8-7-13-41/h14-19,21-22,41H,7-13H2,1-6H3,(H,38,39,40)/t19-,21?,22?/m1/s1. The third-order valence-corrected chi connectivity index (χ3v) is 8.13. The normalized spacial score (nSPS) is 18.0. The molecule has 4 rings (SSSR count). The summed E-state index contributed by atoms with van der Waals surface area (Å²) >= 11 is 0. The summed E-state index contributed by atoms with van der Waals surface area (Å²) in [5.41, 5.74) is -0.196. The SMILES string of the molecule is COc1cc2nc(C)nc(N[C@H](C)c3cc(C(=O)OC(C)(C)C)cc(C(F)(F)F)c3)c2cc1C1CCC(C(=O)CCCO)CC1. The zero-order chi connectivity index (χ0) is 33.1. The average molecular weight is 630 g/mol. The van der Waals surface area contributed by atoms with E-state index in [1.165, 1.54) is 6.07 Å². The molecule has 0 spiro atoms. The lowest BCUT2D eigenvalue weighted by Crippen LogP contribution is -2.24. The Morgan fingerprint density at radius 1 is 1.04 bits per heavy atom. The summed E-state index contributed by atoms with van der Waals surface area (Å²) in [6.45, 7) is 8.40. The Balaban J connectivity index is 1.67. The predicted molar refractivity (Wildman–Crippen MR) is 166 cm³/mol. The van der Waals surface area contributed by atoms with Crippen molar-refractivity contribution in [3.05, 3.63) is 58.4 Å². The molecule has 2 N–H and O–H groups in total. The van der Waals surface area contributed by atoms with Gasteiger partial charge in [-0.25, -0.2) is 14.8 Å². The van der Waals surface area contributed by atoms with Crippen LogP contribution in [0.3, 0.4) is 0 Å². The maximum Gasteiger partial charge on any atom is 0.416 e. The first-order valence-electron chi connectivity index (χ1n) is 15.3. The summed E-state index contributed by atoms with van der Waals surface area (Å²) in [5, 5.41) is 13.0. The van der Waals surface area contributed by atoms with Gasteiger partial charge in [0.2, 0.25) is 0 Å². The number of ether oxygens (including phenoxy) is 2. The summed E-state index contributed by atoms with van der Waals surface area (Å²) in [7, 11) is 1.60. The number of hydrogen-bond acceptors (Lipinski definition) is 8. The average Bonchev–Trinajstić information content (AvgIpc) is 2.97. The number of aliphatic hydroxyl groups excluding tert-OH is 1. The molecular formula is C34H42F3N3O5. The third kappa shape index (κ3) is 8.51. The molecule has 3 aromatic rings. The lowest BCUT2D eigenvalue weighted by Gasteiger charge is -2.29. The molecule has 1 aliphatic carbocycles. The van der Waals surface area contributed by atoms with Crippen molar-refractivity contribution in [1.29, 1.82) is 0 Å². The number of aliphatic hydroxyl groups is 1. The highest BCUT2D eigenvalue weighted by Gasteiger charge is 2.33. The van der Waals surface area contributed by atoms with Crippen molar-refractivity contribution in [2.45, 2.75) is 96.9 Å². The van der Waals surface area contributed by atoms with Gasteiger partial charge >= 0.3 is 12.1 Å². The first-order valence-corrected chi connectivity index (χ1v) is 15.3. The largest absolute Gasteiger partial charge is 0.496 e. The smallest absolute Gasteiger partial charge is 0.416 e. The van der Waals surface area contributed by atoms with Gasteiger partial charge in [-0.3, -0.25) is 4.79 Å². The van der Waals surface area contributed by atoms with Crippen LogP contribution in [0.25, 0.3) is 10.9 Å². The number of esters is 1. The molecule has 1 heterocycles. The second kappa shape index (κ2) is 13.7. The van der Waals surface area contributed by atoms with Crippen molar-refractivity contribution in [3.8, 4) is 5.75 Å². The van der Waals surface area contributed by atoms with E-state index in [1.54, 1.807) is 41.7 Å². The topological polar surface area (TPSA) is 111 Å². The highest BCUT2D eigenvalue weighted by atomic mass is 19.4. The van der Waals surface area contributed by atoms with Crippen LogP contribution in [0.15, 0.2) is 30.3 Å². The Bertz CT molecular complexity index is 1540. The summed E-state index contributed by atoms with van der Waals surface area (Å²) in [5.74, 6) is 1.06. The van der Waals surface area contributed by atoms with Gasteiger partial charge in [-0.1, -0.05) is 0 Å². The van der Waals surface area contributed by atoms with E-state index in [2.05, 4.69) is 15.3 Å². The summed E-state index contributed by atoms with van der Waals surface area (Å²) in [6, 6.07) is 6.39. The number of Topliss-reactive ketones (excluding diaryl/α,β-unsaturated/α-hetero) is 1. The van der Waals surface area contributed by atoms with Crippen molar-refractivity contribution >= 4 is 28.5 Å². The minimum Gasteiger partial charge on any atom is -0.496 e. The Morgan fingerprint density at radius 3 is 2.33 bits per heavy atom. The van der Waals surface area contributed by atoms with Gasteiger partial charge < -0.3 is 19.9 Å². The van der Waals surface area contributed by atoms with Crippen molar-refractivity contribution in [2.75, 3.05) is 19.0 Å². The number of nitrogens with one attached hydrogen (secondary N) is 1. The third-order valence-electron chi connectivity index (χ3n) is 8.13. The Labute approximate surface area is 261 Å². The molecule has 1 fully saturated rings. The van der Waals surface area contributed by atoms with Gasteiger partial charge in [-0.05, 0) is 108 Å². The second-order valence-corrected chi connectivity index (χ2v) is 12.8. The fourth-order valence-electron chi connectivity index (χ4n) is 5.89. The fraction of sp³-hybridized carbons (Fsp3) is 0.529. The van der Waals surface area contributed by atoms with Crippen molar-refractivity contribution in [3.63, 3.8) is 0 Å². The Kier molecular flexibility index (Phi) is 10.4. The molecule has 2 aromatic carbocycles. The zero-order valence-electron chi connectivity index (χ0n) is 26.7. The van der Waals surface area contributed by atoms with E-state index in [0.717, 1.165) is 43.4 Å². The number of anilines is 1. The number of hydrogen-bond donors (Lipinski definition) is 2. The van der Waals surface area contributed by atoms with E-state index in [9.17, 15) is 22.8 Å². The van der Waals surface area contributed by atoms with Crippen LogP contribution in [-0.2, 0) is 15.7 Å². The molecule has 45 heavy (non-hydrogen) atoms. The van der Waals surface area contributed by atoms with Gasteiger partial charge in [-0.2, -0.15) is 13.2 Å². The van der Waals surface area contributed by atoms with E-state index in [0.29, 0.717) is 41.1 Å². The minimum atomic E-state index is -4.67. The lowest BCUT2D eigenvalue weighted by molar-refractivity contribution is -0.137. The van der Waals surface area contributed by atoms with Gasteiger partial charge in [0, 0.05) is 30.4 Å². The number of ketones is 1. The number of carbonyl (C=O) groups excluding carboxylic acids is 2. The number of alkyl halides is 3. The van der Waals surface area contributed by atoms with Gasteiger partial charge in [0.1, 0.15) is 28.8 Å². The van der Waals surface area contributed by atoms with Crippen LogP contribution in [0.1, 0.15) is 111 Å². The molecule has 1 atom stereocenters. The van der Waals surface area contributed by atoms with Gasteiger partial charge in [0.25, 0.3) is 0 Å². The number of fused-ring (bicyclic) bond motifs is 1. The Morgan fingerprint density at radius 2 is 1.73 bits per heavy atom. The molecule has 1 aliphatic rings.